The van der Waals surface area contributed by atoms with Gasteiger partial charge in [0, 0.05) is 4.88 Å². The molecule has 0 spiro atoms. The summed E-state index contributed by atoms with van der Waals surface area (Å²) in [7, 11) is 0. The van der Waals surface area contributed by atoms with Gasteiger partial charge in [0.2, 0.25) is 0 Å². The SMILES string of the molecule is Cc1cc(Br)c(OCC(=O)NN=Cc2cccs2)c(Br)c1. The van der Waals surface area contributed by atoms with Crippen molar-refractivity contribution in [1.29, 1.82) is 0 Å². The summed E-state index contributed by atoms with van der Waals surface area (Å²) in [4.78, 5) is 12.6. The highest BCUT2D eigenvalue weighted by Gasteiger charge is 2.09. The summed E-state index contributed by atoms with van der Waals surface area (Å²) in [5, 5.41) is 5.81. The Labute approximate surface area is 143 Å². The van der Waals surface area contributed by atoms with Gasteiger partial charge >= 0.3 is 0 Å². The first-order valence-electron chi connectivity index (χ1n) is 6.00. The molecule has 1 aromatic heterocycles. The van der Waals surface area contributed by atoms with Crippen LogP contribution in [0.2, 0.25) is 0 Å². The highest BCUT2D eigenvalue weighted by atomic mass is 79.9. The van der Waals surface area contributed by atoms with E-state index in [4.69, 9.17) is 4.74 Å². The molecule has 1 aromatic carbocycles. The molecule has 21 heavy (non-hydrogen) atoms. The van der Waals surface area contributed by atoms with Crippen molar-refractivity contribution < 1.29 is 9.53 Å². The van der Waals surface area contributed by atoms with Crippen molar-refractivity contribution in [2.45, 2.75) is 6.92 Å². The van der Waals surface area contributed by atoms with Crippen LogP contribution in [0.3, 0.4) is 0 Å². The van der Waals surface area contributed by atoms with Crippen molar-refractivity contribution in [1.82, 2.24) is 5.43 Å². The molecular formula is C14H12Br2N2O2S. The Morgan fingerprint density at radius 1 is 1.43 bits per heavy atom. The first kappa shape index (κ1) is 16.2. The molecule has 0 radical (unpaired) electrons. The maximum atomic E-state index is 11.7. The second kappa shape index (κ2) is 7.72. The second-order valence-electron chi connectivity index (χ2n) is 4.15. The zero-order valence-electron chi connectivity index (χ0n) is 11.1. The number of ether oxygens (including phenoxy) is 1. The third-order valence-corrected chi connectivity index (χ3v) is 4.40. The second-order valence-corrected chi connectivity index (χ2v) is 6.84. The summed E-state index contributed by atoms with van der Waals surface area (Å²) in [6.07, 6.45) is 1.60. The molecule has 0 aliphatic rings. The third-order valence-electron chi connectivity index (χ3n) is 2.41. The Morgan fingerprint density at radius 3 is 2.76 bits per heavy atom. The van der Waals surface area contributed by atoms with Gasteiger partial charge in [-0.2, -0.15) is 5.10 Å². The van der Waals surface area contributed by atoms with Gasteiger partial charge in [0.25, 0.3) is 5.91 Å². The number of halogens is 2. The van der Waals surface area contributed by atoms with Gasteiger partial charge in [-0.3, -0.25) is 4.79 Å². The lowest BCUT2D eigenvalue weighted by Crippen LogP contribution is -2.24. The van der Waals surface area contributed by atoms with Crippen molar-refractivity contribution in [3.05, 3.63) is 49.0 Å². The fourth-order valence-corrected chi connectivity index (χ4v) is 3.76. The molecular weight excluding hydrogens is 420 g/mol. The van der Waals surface area contributed by atoms with Crippen LogP contribution in [0.5, 0.6) is 5.75 Å². The number of carbonyl (C=O) groups is 1. The molecule has 0 aliphatic carbocycles. The maximum absolute atomic E-state index is 11.7. The number of amides is 1. The van der Waals surface area contributed by atoms with E-state index in [-0.39, 0.29) is 12.5 Å². The number of nitrogens with zero attached hydrogens (tertiary/aromatic N) is 1. The lowest BCUT2D eigenvalue weighted by Gasteiger charge is -2.10. The maximum Gasteiger partial charge on any atom is 0.277 e. The van der Waals surface area contributed by atoms with E-state index >= 15 is 0 Å². The van der Waals surface area contributed by atoms with Crippen LogP contribution in [0, 0.1) is 6.92 Å². The van der Waals surface area contributed by atoms with E-state index < -0.39 is 0 Å². The number of hydrazone groups is 1. The summed E-state index contributed by atoms with van der Waals surface area (Å²) >= 11 is 8.37. The number of thiophene rings is 1. The van der Waals surface area contributed by atoms with Crippen LogP contribution in [0.25, 0.3) is 0 Å². The summed E-state index contributed by atoms with van der Waals surface area (Å²) in [6, 6.07) is 7.68. The standard InChI is InChI=1S/C14H12Br2N2O2S/c1-9-5-11(15)14(12(16)6-9)20-8-13(19)18-17-7-10-3-2-4-21-10/h2-7H,8H2,1H3,(H,18,19). The minimum Gasteiger partial charge on any atom is -0.481 e. The molecule has 0 atom stereocenters. The van der Waals surface area contributed by atoms with Gasteiger partial charge in [0.1, 0.15) is 5.75 Å². The molecule has 7 heteroatoms. The lowest BCUT2D eigenvalue weighted by atomic mass is 10.2. The van der Waals surface area contributed by atoms with Gasteiger partial charge in [-0.25, -0.2) is 5.43 Å². The van der Waals surface area contributed by atoms with Crippen LogP contribution in [0.4, 0.5) is 0 Å². The van der Waals surface area contributed by atoms with Gasteiger partial charge in [-0.05, 0) is 67.9 Å². The minimum absolute atomic E-state index is 0.109. The van der Waals surface area contributed by atoms with Crippen LogP contribution < -0.4 is 10.2 Å². The van der Waals surface area contributed by atoms with Crippen molar-refractivity contribution >= 4 is 55.3 Å². The molecule has 1 heterocycles. The number of nitrogens with one attached hydrogen (secondary N) is 1. The number of hydrogen-bond acceptors (Lipinski definition) is 4. The predicted octanol–water partition coefficient (Wildman–Crippen LogP) is 4.11. The summed E-state index contributed by atoms with van der Waals surface area (Å²) < 4.78 is 7.09. The zero-order chi connectivity index (χ0) is 15.2. The molecule has 110 valence electrons. The van der Waals surface area contributed by atoms with Gasteiger partial charge in [0.05, 0.1) is 15.2 Å². The van der Waals surface area contributed by atoms with E-state index in [0.29, 0.717) is 5.75 Å². The monoisotopic (exact) mass is 430 g/mol. The fourth-order valence-electron chi connectivity index (χ4n) is 1.53. The average molecular weight is 432 g/mol. The molecule has 0 unspecified atom stereocenters. The first-order valence-corrected chi connectivity index (χ1v) is 8.46. The highest BCUT2D eigenvalue weighted by molar-refractivity contribution is 9.11. The summed E-state index contributed by atoms with van der Waals surface area (Å²) in [5.74, 6) is 0.278. The van der Waals surface area contributed by atoms with Crippen LogP contribution in [-0.2, 0) is 4.79 Å². The van der Waals surface area contributed by atoms with E-state index in [1.807, 2.05) is 36.6 Å². The van der Waals surface area contributed by atoms with Crippen molar-refractivity contribution in [3.8, 4) is 5.75 Å². The molecule has 2 aromatic rings. The van der Waals surface area contributed by atoms with Crippen LogP contribution in [0.15, 0.2) is 43.7 Å². The number of rotatable bonds is 5. The van der Waals surface area contributed by atoms with Crippen molar-refractivity contribution in [2.24, 2.45) is 5.10 Å². The smallest absolute Gasteiger partial charge is 0.277 e. The molecule has 0 saturated carbocycles. The minimum atomic E-state index is -0.317. The Balaban J connectivity index is 1.87. The van der Waals surface area contributed by atoms with Gasteiger partial charge < -0.3 is 4.74 Å². The van der Waals surface area contributed by atoms with Gasteiger partial charge in [-0.15, -0.1) is 11.3 Å². The Kier molecular flexibility index (Phi) is 5.96. The fraction of sp³-hybridized carbons (Fsp3) is 0.143. The molecule has 0 fully saturated rings. The van der Waals surface area contributed by atoms with Crippen LogP contribution in [-0.4, -0.2) is 18.7 Å². The number of carbonyl (C=O) groups excluding carboxylic acids is 1. The number of hydrogen-bond donors (Lipinski definition) is 1. The average Bonchev–Trinajstić information content (AvgIpc) is 2.90. The zero-order valence-corrected chi connectivity index (χ0v) is 15.1. The third kappa shape index (κ3) is 4.94. The molecule has 0 saturated heterocycles. The van der Waals surface area contributed by atoms with Crippen molar-refractivity contribution in [3.63, 3.8) is 0 Å². The predicted molar refractivity (Wildman–Crippen MR) is 92.1 cm³/mol. The topological polar surface area (TPSA) is 50.7 Å². The van der Waals surface area contributed by atoms with E-state index in [1.165, 1.54) is 0 Å². The Morgan fingerprint density at radius 2 is 2.14 bits per heavy atom. The van der Waals surface area contributed by atoms with Gasteiger partial charge in [-0.1, -0.05) is 6.07 Å². The van der Waals surface area contributed by atoms with Crippen LogP contribution in [0.1, 0.15) is 10.4 Å². The number of benzene rings is 1. The molecule has 2 rings (SSSR count). The first-order chi connectivity index (χ1) is 10.1. The molecule has 1 amide bonds. The normalized spacial score (nSPS) is 10.8. The lowest BCUT2D eigenvalue weighted by molar-refractivity contribution is -0.123. The Hall–Kier alpha value is -1.18. The molecule has 0 aliphatic heterocycles. The number of aryl methyl sites for hydroxylation is 1. The summed E-state index contributed by atoms with van der Waals surface area (Å²) in [6.45, 7) is 1.87. The van der Waals surface area contributed by atoms with E-state index in [0.717, 1.165) is 19.4 Å². The van der Waals surface area contributed by atoms with E-state index in [1.54, 1.807) is 17.6 Å². The van der Waals surface area contributed by atoms with Gasteiger partial charge in [0.15, 0.2) is 6.61 Å². The molecule has 4 nitrogen and oxygen atoms in total. The molecule has 1 N–H and O–H groups in total. The van der Waals surface area contributed by atoms with Crippen molar-refractivity contribution in [2.75, 3.05) is 6.61 Å². The van der Waals surface area contributed by atoms with E-state index in [2.05, 4.69) is 42.4 Å². The Bertz CT molecular complexity index is 634. The van der Waals surface area contributed by atoms with Crippen LogP contribution >= 0.6 is 43.2 Å². The molecule has 0 bridgehead atoms. The summed E-state index contributed by atoms with van der Waals surface area (Å²) in [5.41, 5.74) is 3.51. The van der Waals surface area contributed by atoms with E-state index in [9.17, 15) is 4.79 Å². The highest BCUT2D eigenvalue weighted by Crippen LogP contribution is 2.34. The largest absolute Gasteiger partial charge is 0.481 e. The quantitative estimate of drug-likeness (QED) is 0.572.